The fourth-order valence-electron chi connectivity index (χ4n) is 3.77. The second kappa shape index (κ2) is 10.5. The summed E-state index contributed by atoms with van der Waals surface area (Å²) in [6.07, 6.45) is 2.29. The Labute approximate surface area is 187 Å². The molecule has 0 bridgehead atoms. The number of carbonyl (C=O) groups is 1. The van der Waals surface area contributed by atoms with E-state index in [-0.39, 0.29) is 17.3 Å². The minimum absolute atomic E-state index is 0.00911. The molecule has 2 aromatic rings. The zero-order chi connectivity index (χ0) is 21.6. The van der Waals surface area contributed by atoms with Crippen molar-refractivity contribution in [3.63, 3.8) is 0 Å². The van der Waals surface area contributed by atoms with Crippen molar-refractivity contribution in [2.45, 2.75) is 56.3 Å². The Bertz CT molecular complexity index is 861. The van der Waals surface area contributed by atoms with Gasteiger partial charge in [0.15, 0.2) is 5.16 Å². The van der Waals surface area contributed by atoms with Crippen LogP contribution in [0, 0.1) is 6.92 Å². The number of nitrogens with zero attached hydrogens (tertiary/aromatic N) is 4. The number of anilines is 1. The van der Waals surface area contributed by atoms with Gasteiger partial charge in [-0.3, -0.25) is 9.36 Å². The number of rotatable bonds is 8. The molecule has 2 aliphatic rings. The number of aromatic nitrogens is 3. The lowest BCUT2D eigenvalue weighted by Crippen LogP contribution is -2.38. The summed E-state index contributed by atoms with van der Waals surface area (Å²) in [4.78, 5) is 14.9. The summed E-state index contributed by atoms with van der Waals surface area (Å²) < 4.78 is 13.5. The lowest BCUT2D eigenvalue weighted by atomic mass is 10.1. The van der Waals surface area contributed by atoms with Gasteiger partial charge in [0.2, 0.25) is 11.9 Å². The predicted octanol–water partition coefficient (Wildman–Crippen LogP) is 2.40. The van der Waals surface area contributed by atoms with Gasteiger partial charge in [-0.15, -0.1) is 10.2 Å². The minimum atomic E-state index is -0.282. The number of ether oxygens (including phenoxy) is 2. The molecule has 2 atom stereocenters. The third-order valence-electron chi connectivity index (χ3n) is 5.64. The van der Waals surface area contributed by atoms with Crippen LogP contribution in [0.25, 0.3) is 0 Å². The van der Waals surface area contributed by atoms with E-state index in [1.54, 1.807) is 0 Å². The van der Waals surface area contributed by atoms with Crippen molar-refractivity contribution in [1.29, 1.82) is 0 Å². The first kappa shape index (κ1) is 22.1. The molecule has 9 heteroatoms. The number of amides is 1. The number of thioether (sulfide) groups is 1. The van der Waals surface area contributed by atoms with E-state index in [0.29, 0.717) is 26.3 Å². The fourth-order valence-corrected chi connectivity index (χ4v) is 4.65. The Morgan fingerprint density at radius 2 is 2.00 bits per heavy atom. The normalized spacial score (nSPS) is 20.1. The van der Waals surface area contributed by atoms with Gasteiger partial charge in [0, 0.05) is 26.2 Å². The smallest absolute Gasteiger partial charge is 0.233 e. The molecule has 0 spiro atoms. The van der Waals surface area contributed by atoms with E-state index < -0.39 is 0 Å². The first-order valence-electron chi connectivity index (χ1n) is 11.0. The first-order chi connectivity index (χ1) is 15.1. The molecule has 0 saturated carbocycles. The molecule has 2 unspecified atom stereocenters. The summed E-state index contributed by atoms with van der Waals surface area (Å²) in [5.41, 5.74) is 2.30. The highest BCUT2D eigenvalue weighted by atomic mass is 32.2. The quantitative estimate of drug-likeness (QED) is 0.625. The predicted molar refractivity (Wildman–Crippen MR) is 120 cm³/mol. The van der Waals surface area contributed by atoms with Crippen LogP contribution in [-0.2, 0) is 27.4 Å². The lowest BCUT2D eigenvalue weighted by molar-refractivity contribution is -0.120. The van der Waals surface area contributed by atoms with E-state index in [0.717, 1.165) is 49.2 Å². The standard InChI is InChI=1S/C22H31N5O3S/c1-16-5-7-18(8-6-16)14-23-20(28)17(2)31-22-25-24-21(26-9-12-29-13-10-26)27(22)15-19-4-3-11-30-19/h5-8,17,19H,3-4,9-15H2,1-2H3,(H,23,28). The SMILES string of the molecule is Cc1ccc(CNC(=O)C(C)Sc2nnc(N3CCOCC3)n2CC2CCCO2)cc1. The summed E-state index contributed by atoms with van der Waals surface area (Å²) >= 11 is 1.45. The van der Waals surface area contributed by atoms with Crippen molar-refractivity contribution in [1.82, 2.24) is 20.1 Å². The minimum Gasteiger partial charge on any atom is -0.378 e. The van der Waals surface area contributed by atoms with Gasteiger partial charge in [0.25, 0.3) is 0 Å². The number of hydrogen-bond donors (Lipinski definition) is 1. The molecule has 1 aromatic heterocycles. The largest absolute Gasteiger partial charge is 0.378 e. The first-order valence-corrected chi connectivity index (χ1v) is 11.9. The summed E-state index contributed by atoms with van der Waals surface area (Å²) in [7, 11) is 0. The molecule has 4 rings (SSSR count). The van der Waals surface area contributed by atoms with Crippen LogP contribution < -0.4 is 10.2 Å². The summed E-state index contributed by atoms with van der Waals surface area (Å²) in [6.45, 7) is 8.96. The number of morpholine rings is 1. The summed E-state index contributed by atoms with van der Waals surface area (Å²) in [6, 6.07) is 8.20. The van der Waals surface area contributed by atoms with Gasteiger partial charge in [-0.05, 0) is 32.3 Å². The van der Waals surface area contributed by atoms with E-state index in [1.807, 2.05) is 19.1 Å². The molecule has 2 aliphatic heterocycles. The maximum atomic E-state index is 12.7. The van der Waals surface area contributed by atoms with E-state index in [2.05, 4.69) is 44.0 Å². The van der Waals surface area contributed by atoms with Gasteiger partial charge in [-0.1, -0.05) is 41.6 Å². The second-order valence-electron chi connectivity index (χ2n) is 8.09. The molecule has 0 radical (unpaired) electrons. The monoisotopic (exact) mass is 445 g/mol. The highest BCUT2D eigenvalue weighted by Crippen LogP contribution is 2.28. The van der Waals surface area contributed by atoms with E-state index in [1.165, 1.54) is 17.3 Å². The number of aryl methyl sites for hydroxylation is 1. The van der Waals surface area contributed by atoms with Gasteiger partial charge in [-0.2, -0.15) is 0 Å². The van der Waals surface area contributed by atoms with Gasteiger partial charge < -0.3 is 19.7 Å². The van der Waals surface area contributed by atoms with Gasteiger partial charge >= 0.3 is 0 Å². The molecular weight excluding hydrogens is 414 g/mol. The number of nitrogens with one attached hydrogen (secondary N) is 1. The maximum Gasteiger partial charge on any atom is 0.233 e. The molecule has 0 aliphatic carbocycles. The van der Waals surface area contributed by atoms with Crippen LogP contribution in [-0.4, -0.2) is 64.9 Å². The second-order valence-corrected chi connectivity index (χ2v) is 9.40. The van der Waals surface area contributed by atoms with Gasteiger partial charge in [0.05, 0.1) is 31.1 Å². The van der Waals surface area contributed by atoms with Crippen LogP contribution in [0.1, 0.15) is 30.9 Å². The third kappa shape index (κ3) is 5.78. The highest BCUT2D eigenvalue weighted by molar-refractivity contribution is 8.00. The zero-order valence-corrected chi connectivity index (χ0v) is 19.1. The topological polar surface area (TPSA) is 81.5 Å². The molecule has 1 aromatic carbocycles. The van der Waals surface area contributed by atoms with Crippen molar-refractivity contribution in [3.05, 3.63) is 35.4 Å². The van der Waals surface area contributed by atoms with Crippen molar-refractivity contribution in [2.75, 3.05) is 37.8 Å². The van der Waals surface area contributed by atoms with Crippen LogP contribution in [0.15, 0.2) is 29.4 Å². The van der Waals surface area contributed by atoms with Crippen molar-refractivity contribution < 1.29 is 14.3 Å². The summed E-state index contributed by atoms with van der Waals surface area (Å²) in [5.74, 6) is 0.832. The molecule has 3 heterocycles. The summed E-state index contributed by atoms with van der Waals surface area (Å²) in [5, 5.41) is 12.4. The number of benzene rings is 1. The molecule has 2 saturated heterocycles. The third-order valence-corrected chi connectivity index (χ3v) is 6.72. The van der Waals surface area contributed by atoms with Gasteiger partial charge in [0.1, 0.15) is 0 Å². The molecule has 8 nitrogen and oxygen atoms in total. The Balaban J connectivity index is 1.42. The van der Waals surface area contributed by atoms with E-state index in [9.17, 15) is 4.79 Å². The maximum absolute atomic E-state index is 12.7. The average Bonchev–Trinajstić information content (AvgIpc) is 3.44. The number of hydrogen-bond acceptors (Lipinski definition) is 7. The van der Waals surface area contributed by atoms with Crippen LogP contribution in [0.3, 0.4) is 0 Å². The Kier molecular flexibility index (Phi) is 7.47. The van der Waals surface area contributed by atoms with Crippen molar-refractivity contribution in [3.8, 4) is 0 Å². The molecule has 31 heavy (non-hydrogen) atoms. The Hall–Kier alpha value is -2.10. The fraction of sp³-hybridized carbons (Fsp3) is 0.591. The highest BCUT2D eigenvalue weighted by Gasteiger charge is 2.26. The van der Waals surface area contributed by atoms with Crippen LogP contribution in [0.5, 0.6) is 0 Å². The van der Waals surface area contributed by atoms with Crippen molar-refractivity contribution >= 4 is 23.6 Å². The number of carbonyl (C=O) groups excluding carboxylic acids is 1. The lowest BCUT2D eigenvalue weighted by Gasteiger charge is -2.28. The molecule has 2 fully saturated rings. The molecule has 1 N–H and O–H groups in total. The van der Waals surface area contributed by atoms with Crippen LogP contribution in [0.2, 0.25) is 0 Å². The van der Waals surface area contributed by atoms with Gasteiger partial charge in [-0.25, -0.2) is 0 Å². The van der Waals surface area contributed by atoms with Crippen LogP contribution >= 0.6 is 11.8 Å². The molecule has 1 amide bonds. The molecular formula is C22H31N5O3S. The van der Waals surface area contributed by atoms with Crippen molar-refractivity contribution in [2.24, 2.45) is 0 Å². The van der Waals surface area contributed by atoms with E-state index >= 15 is 0 Å². The Morgan fingerprint density at radius 1 is 1.23 bits per heavy atom. The zero-order valence-electron chi connectivity index (χ0n) is 18.2. The van der Waals surface area contributed by atoms with Crippen LogP contribution in [0.4, 0.5) is 5.95 Å². The Morgan fingerprint density at radius 3 is 2.71 bits per heavy atom. The average molecular weight is 446 g/mol. The van der Waals surface area contributed by atoms with E-state index in [4.69, 9.17) is 9.47 Å². The molecule has 168 valence electrons.